The van der Waals surface area contributed by atoms with Gasteiger partial charge >= 0.3 is 0 Å². The van der Waals surface area contributed by atoms with Gasteiger partial charge in [0.05, 0.1) is 12.3 Å². The van der Waals surface area contributed by atoms with Gasteiger partial charge in [-0.15, -0.1) is 0 Å². The summed E-state index contributed by atoms with van der Waals surface area (Å²) in [6.07, 6.45) is 4.16. The van der Waals surface area contributed by atoms with Gasteiger partial charge in [0.25, 0.3) is 0 Å². The van der Waals surface area contributed by atoms with E-state index in [0.29, 0.717) is 37.7 Å². The van der Waals surface area contributed by atoms with E-state index >= 15 is 0 Å². The number of aliphatic hydroxyl groups excluding tert-OH is 1. The molecule has 8 heteroatoms. The van der Waals surface area contributed by atoms with Crippen molar-refractivity contribution in [1.82, 2.24) is 4.98 Å². The molecule has 1 aliphatic rings. The molecule has 2 N–H and O–H groups in total. The summed E-state index contributed by atoms with van der Waals surface area (Å²) < 4.78 is 17.3. The minimum Gasteiger partial charge on any atom is -0.493 e. The van der Waals surface area contributed by atoms with Crippen molar-refractivity contribution < 1.29 is 19.3 Å². The Kier molecular flexibility index (Phi) is 8.55. The molecule has 2 heterocycles. The second-order valence-corrected chi connectivity index (χ2v) is 14.7. The molecule has 0 bridgehead atoms. The van der Waals surface area contributed by atoms with Gasteiger partial charge in [0.2, 0.25) is 5.88 Å². The van der Waals surface area contributed by atoms with E-state index in [2.05, 4.69) is 29.6 Å². The van der Waals surface area contributed by atoms with Gasteiger partial charge in [-0.05, 0) is 24.6 Å². The molecule has 1 aliphatic heterocycles. The first-order chi connectivity index (χ1) is 15.4. The molecule has 0 spiro atoms. The van der Waals surface area contributed by atoms with Crippen LogP contribution in [0, 0.1) is 5.41 Å². The number of aliphatic imine (C=N–C) groups is 1. The third-order valence-electron chi connectivity index (χ3n) is 5.27. The fourth-order valence-corrected chi connectivity index (χ4v) is 4.14. The second-order valence-electron chi connectivity index (χ2n) is 9.07. The molecule has 0 aliphatic carbocycles. The summed E-state index contributed by atoms with van der Waals surface area (Å²) >= 11 is 0. The summed E-state index contributed by atoms with van der Waals surface area (Å²) in [5, 5.41) is 16.6. The highest BCUT2D eigenvalue weighted by molar-refractivity contribution is 6.76. The molecule has 0 radical (unpaired) electrons. The monoisotopic (exact) mass is 455 g/mol. The van der Waals surface area contributed by atoms with Gasteiger partial charge in [-0.2, -0.15) is 0 Å². The van der Waals surface area contributed by atoms with E-state index in [4.69, 9.17) is 19.6 Å². The van der Waals surface area contributed by atoms with E-state index in [0.717, 1.165) is 28.6 Å². The van der Waals surface area contributed by atoms with E-state index in [9.17, 15) is 5.11 Å². The smallest absolute Gasteiger partial charge is 0.219 e. The number of ether oxygens (including phenoxy) is 3. The number of benzene rings is 1. The van der Waals surface area contributed by atoms with Crippen LogP contribution in [0.5, 0.6) is 17.4 Å². The second kappa shape index (κ2) is 11.4. The molecule has 0 fully saturated rings. The predicted octanol–water partition coefficient (Wildman–Crippen LogP) is 4.87. The summed E-state index contributed by atoms with van der Waals surface area (Å²) in [5.74, 6) is 2.15. The molecule has 3 rings (SSSR count). The standard InChI is InChI=1S/C24H33N3O4Si/c1-32(2,3)13-12-29-17-27-22(8-10-25)18-4-7-24(26-15-18)31-20-5-6-21-19(9-11-28)16-30-23(21)14-20/h4-7,10,14-15,19,25,28H,8-9,11-13,16-17H2,1-3H3. The lowest BCUT2D eigenvalue weighted by Gasteiger charge is -2.14. The number of hydrogen-bond acceptors (Lipinski definition) is 7. The number of fused-ring (bicyclic) bond motifs is 1. The highest BCUT2D eigenvalue weighted by Gasteiger charge is 2.24. The fraction of sp³-hybridized carbons (Fsp3) is 0.458. The van der Waals surface area contributed by atoms with Crippen LogP contribution in [0.2, 0.25) is 25.7 Å². The zero-order chi connectivity index (χ0) is 23.0. The van der Waals surface area contributed by atoms with E-state index in [-0.39, 0.29) is 19.3 Å². The summed E-state index contributed by atoms with van der Waals surface area (Å²) in [7, 11) is -1.12. The molecule has 7 nitrogen and oxygen atoms in total. The molecule has 0 amide bonds. The maximum atomic E-state index is 9.18. The highest BCUT2D eigenvalue weighted by atomic mass is 28.3. The Morgan fingerprint density at radius 1 is 1.31 bits per heavy atom. The summed E-state index contributed by atoms with van der Waals surface area (Å²) in [6.45, 7) is 8.70. The number of pyridine rings is 1. The third-order valence-corrected chi connectivity index (χ3v) is 6.98. The zero-order valence-corrected chi connectivity index (χ0v) is 20.1. The quantitative estimate of drug-likeness (QED) is 0.270. The largest absolute Gasteiger partial charge is 0.493 e. The van der Waals surface area contributed by atoms with Crippen molar-refractivity contribution in [1.29, 1.82) is 5.41 Å². The number of rotatable bonds is 12. The van der Waals surface area contributed by atoms with Crippen LogP contribution in [0.25, 0.3) is 0 Å². The molecular weight excluding hydrogens is 422 g/mol. The SMILES string of the molecule is C[Si](C)(C)CCOCN=C(CC=N)c1ccc(Oc2ccc3c(c2)OCC3CCO)nc1. The van der Waals surface area contributed by atoms with Crippen LogP contribution in [-0.2, 0) is 4.74 Å². The molecule has 1 aromatic carbocycles. The fourth-order valence-electron chi connectivity index (χ4n) is 3.38. The van der Waals surface area contributed by atoms with Crippen molar-refractivity contribution in [3.63, 3.8) is 0 Å². The lowest BCUT2D eigenvalue weighted by molar-refractivity contribution is 0.155. The molecule has 1 unspecified atom stereocenters. The van der Waals surface area contributed by atoms with E-state index < -0.39 is 8.07 Å². The van der Waals surface area contributed by atoms with Crippen LogP contribution in [0.4, 0.5) is 0 Å². The average molecular weight is 456 g/mol. The van der Waals surface area contributed by atoms with Gasteiger partial charge in [0.1, 0.15) is 18.2 Å². The normalized spacial score (nSPS) is 15.9. The van der Waals surface area contributed by atoms with Crippen LogP contribution in [-0.4, -0.2) is 56.6 Å². The molecule has 32 heavy (non-hydrogen) atoms. The van der Waals surface area contributed by atoms with Crippen molar-refractivity contribution in [2.75, 3.05) is 26.6 Å². The number of hydrogen-bond donors (Lipinski definition) is 2. The minimum absolute atomic E-state index is 0.149. The van der Waals surface area contributed by atoms with Crippen LogP contribution in [0.15, 0.2) is 41.5 Å². The van der Waals surface area contributed by atoms with Gasteiger partial charge in [0, 0.05) is 69.3 Å². The van der Waals surface area contributed by atoms with Crippen LogP contribution in [0.1, 0.15) is 29.9 Å². The first-order valence-corrected chi connectivity index (χ1v) is 14.7. The van der Waals surface area contributed by atoms with Crippen molar-refractivity contribution in [2.24, 2.45) is 4.99 Å². The summed E-state index contributed by atoms with van der Waals surface area (Å²) in [4.78, 5) is 8.93. The molecule has 0 saturated heterocycles. The average Bonchev–Trinajstić information content (AvgIpc) is 3.15. The highest BCUT2D eigenvalue weighted by Crippen LogP contribution is 2.38. The Balaban J connectivity index is 1.60. The number of nitrogens with zero attached hydrogens (tertiary/aromatic N) is 2. The first kappa shape index (κ1) is 24.1. The van der Waals surface area contributed by atoms with Crippen LogP contribution < -0.4 is 9.47 Å². The van der Waals surface area contributed by atoms with Crippen molar-refractivity contribution in [3.05, 3.63) is 47.7 Å². The lowest BCUT2D eigenvalue weighted by atomic mass is 9.98. The van der Waals surface area contributed by atoms with Gasteiger partial charge in [-0.25, -0.2) is 4.98 Å². The summed E-state index contributed by atoms with van der Waals surface area (Å²) in [6, 6.07) is 10.5. The van der Waals surface area contributed by atoms with Crippen molar-refractivity contribution in [3.8, 4) is 17.4 Å². The van der Waals surface area contributed by atoms with Gasteiger partial charge in [0.15, 0.2) is 0 Å². The first-order valence-electron chi connectivity index (χ1n) is 11.0. The molecule has 0 saturated carbocycles. The topological polar surface area (TPSA) is 97.0 Å². The van der Waals surface area contributed by atoms with Crippen molar-refractivity contribution >= 4 is 20.0 Å². The van der Waals surface area contributed by atoms with E-state index in [1.54, 1.807) is 12.3 Å². The van der Waals surface area contributed by atoms with Gasteiger partial charge < -0.3 is 24.7 Å². The van der Waals surface area contributed by atoms with Gasteiger partial charge in [-0.3, -0.25) is 4.99 Å². The van der Waals surface area contributed by atoms with Crippen LogP contribution >= 0.6 is 0 Å². The third kappa shape index (κ3) is 6.98. The maximum Gasteiger partial charge on any atom is 0.219 e. The molecule has 2 aromatic rings. The van der Waals surface area contributed by atoms with Crippen molar-refractivity contribution in [2.45, 2.75) is 44.4 Å². The molecule has 1 aromatic heterocycles. The van der Waals surface area contributed by atoms with E-state index in [1.807, 2.05) is 24.3 Å². The Hall–Kier alpha value is -2.55. The van der Waals surface area contributed by atoms with Crippen LogP contribution in [0.3, 0.4) is 0 Å². The molecular formula is C24H33N3O4Si. The zero-order valence-electron chi connectivity index (χ0n) is 19.1. The summed E-state index contributed by atoms with van der Waals surface area (Å²) in [5.41, 5.74) is 2.72. The Labute approximate surface area is 191 Å². The minimum atomic E-state index is -1.12. The Morgan fingerprint density at radius 3 is 2.84 bits per heavy atom. The van der Waals surface area contributed by atoms with E-state index in [1.165, 1.54) is 6.21 Å². The number of aliphatic hydroxyl groups is 1. The lowest BCUT2D eigenvalue weighted by Crippen LogP contribution is -2.21. The Bertz CT molecular complexity index is 926. The number of aromatic nitrogens is 1. The maximum absolute atomic E-state index is 9.18. The molecule has 172 valence electrons. The Morgan fingerprint density at radius 2 is 2.16 bits per heavy atom. The number of nitrogens with one attached hydrogen (secondary N) is 1. The van der Waals surface area contributed by atoms with Gasteiger partial charge in [-0.1, -0.05) is 25.7 Å². The molecule has 1 atom stereocenters. The predicted molar refractivity (Wildman–Crippen MR) is 130 cm³/mol.